The third-order valence-corrected chi connectivity index (χ3v) is 5.83. The second kappa shape index (κ2) is 8.83. The van der Waals surface area contributed by atoms with Crippen LogP contribution in [-0.2, 0) is 10.1 Å². The lowest BCUT2D eigenvalue weighted by molar-refractivity contribution is 0.0988. The van der Waals surface area contributed by atoms with E-state index in [2.05, 4.69) is 5.32 Å². The molecule has 1 N–H and O–H groups in total. The average molecular weight is 437 g/mol. The van der Waals surface area contributed by atoms with Crippen molar-refractivity contribution >= 4 is 27.5 Å². The molecule has 0 spiro atoms. The van der Waals surface area contributed by atoms with Crippen molar-refractivity contribution in [3.63, 3.8) is 0 Å². The van der Waals surface area contributed by atoms with Crippen LogP contribution in [0.25, 0.3) is 11.1 Å². The molecule has 0 unspecified atom stereocenters. The summed E-state index contributed by atoms with van der Waals surface area (Å²) in [5.41, 5.74) is 3.62. The monoisotopic (exact) mass is 436 g/mol. The molecule has 3 aromatic rings. The van der Waals surface area contributed by atoms with E-state index in [9.17, 15) is 22.6 Å². The molecule has 0 heterocycles. The Labute approximate surface area is 181 Å². The summed E-state index contributed by atoms with van der Waals surface area (Å²) in [7, 11) is -4.65. The highest BCUT2D eigenvalue weighted by atomic mass is 32.2. The molecule has 0 saturated carbocycles. The number of carbonyl (C=O) groups excluding carboxylic acids is 2. The summed E-state index contributed by atoms with van der Waals surface area (Å²) in [6.45, 7) is 5.25. The molecule has 0 aliphatic rings. The Bertz CT molecular complexity index is 1280. The minimum Gasteiger partial charge on any atom is -0.744 e. The number of nitrogens with one attached hydrogen (secondary N) is 1. The maximum atomic E-state index is 12.6. The fraction of sp³-hybridized carbons (Fsp3) is 0.167. The van der Waals surface area contributed by atoms with E-state index in [0.717, 1.165) is 0 Å². The van der Waals surface area contributed by atoms with Crippen molar-refractivity contribution in [3.8, 4) is 11.1 Å². The number of carbonyl (C=O) groups is 2. The molecule has 0 aromatic heterocycles. The van der Waals surface area contributed by atoms with Crippen molar-refractivity contribution < 1.29 is 22.6 Å². The smallest absolute Gasteiger partial charge is 0.255 e. The lowest BCUT2D eigenvalue weighted by atomic mass is 9.99. The van der Waals surface area contributed by atoms with Crippen LogP contribution in [0.5, 0.6) is 0 Å². The van der Waals surface area contributed by atoms with Crippen LogP contribution in [0.4, 0.5) is 5.69 Å². The van der Waals surface area contributed by atoms with E-state index in [4.69, 9.17) is 0 Å². The van der Waals surface area contributed by atoms with Gasteiger partial charge in [0.2, 0.25) is 0 Å². The predicted molar refractivity (Wildman–Crippen MR) is 118 cm³/mol. The Hall–Kier alpha value is -3.29. The van der Waals surface area contributed by atoms with Gasteiger partial charge in [-0.05, 0) is 66.4 Å². The molecule has 0 aliphatic heterocycles. The number of anilines is 1. The molecule has 0 radical (unpaired) electrons. The lowest BCUT2D eigenvalue weighted by Gasteiger charge is -2.16. The van der Waals surface area contributed by atoms with Crippen molar-refractivity contribution in [2.75, 3.05) is 5.32 Å². The van der Waals surface area contributed by atoms with E-state index in [-0.39, 0.29) is 16.6 Å². The summed E-state index contributed by atoms with van der Waals surface area (Å²) in [6.07, 6.45) is 0.353. The van der Waals surface area contributed by atoms with E-state index < -0.39 is 10.1 Å². The van der Waals surface area contributed by atoms with E-state index in [0.29, 0.717) is 45.5 Å². The minimum atomic E-state index is -4.65. The molecule has 0 fully saturated rings. The number of amides is 1. The fourth-order valence-corrected chi connectivity index (χ4v) is 4.12. The zero-order valence-electron chi connectivity index (χ0n) is 17.4. The number of aryl methyl sites for hydroxylation is 2. The number of hydrogen-bond acceptors (Lipinski definition) is 5. The van der Waals surface area contributed by atoms with Gasteiger partial charge >= 0.3 is 0 Å². The Morgan fingerprint density at radius 1 is 0.903 bits per heavy atom. The van der Waals surface area contributed by atoms with Gasteiger partial charge in [0.25, 0.3) is 5.91 Å². The maximum absolute atomic E-state index is 12.6. The molecule has 7 heteroatoms. The standard InChI is InChI=1S/C24H23NO5S/c1-4-22(26)17-6-5-7-18(14-17)24(27)25-19-9-11-20(16(3)13-19)21-10-8-15(2)12-23(21)31(28,29)30/h5-14H,4H2,1-3H3,(H,25,27)(H,28,29,30)/p-1. The Morgan fingerprint density at radius 3 is 2.23 bits per heavy atom. The Morgan fingerprint density at radius 2 is 1.58 bits per heavy atom. The van der Waals surface area contributed by atoms with Crippen molar-refractivity contribution in [1.82, 2.24) is 0 Å². The molecule has 0 saturated heterocycles. The number of benzene rings is 3. The number of rotatable bonds is 6. The van der Waals surface area contributed by atoms with Gasteiger partial charge in [0.1, 0.15) is 10.1 Å². The number of ketones is 1. The van der Waals surface area contributed by atoms with Gasteiger partial charge < -0.3 is 9.87 Å². The van der Waals surface area contributed by atoms with Gasteiger partial charge in [0, 0.05) is 23.2 Å². The van der Waals surface area contributed by atoms with Crippen LogP contribution < -0.4 is 5.32 Å². The molecule has 31 heavy (non-hydrogen) atoms. The summed E-state index contributed by atoms with van der Waals surface area (Å²) in [5.74, 6) is -0.409. The van der Waals surface area contributed by atoms with Crippen LogP contribution in [0.15, 0.2) is 65.6 Å². The molecule has 3 aromatic carbocycles. The van der Waals surface area contributed by atoms with Gasteiger partial charge in [0.15, 0.2) is 5.78 Å². The van der Waals surface area contributed by atoms with Crippen molar-refractivity contribution in [2.45, 2.75) is 32.1 Å². The number of Topliss-reactive ketones (excluding diaryl/α,β-unsaturated/α-hetero) is 1. The average Bonchev–Trinajstić information content (AvgIpc) is 2.73. The fourth-order valence-electron chi connectivity index (χ4n) is 3.34. The second-order valence-electron chi connectivity index (χ2n) is 7.30. The summed E-state index contributed by atoms with van der Waals surface area (Å²) < 4.78 is 35.2. The van der Waals surface area contributed by atoms with Crippen LogP contribution in [0.3, 0.4) is 0 Å². The SMILES string of the molecule is CCC(=O)c1cccc(C(=O)Nc2ccc(-c3ccc(C)cc3S(=O)(=O)[O-])c(C)c2)c1. The first kappa shape index (κ1) is 22.4. The zero-order valence-corrected chi connectivity index (χ0v) is 18.2. The first-order valence-corrected chi connectivity index (χ1v) is 11.1. The van der Waals surface area contributed by atoms with Crippen molar-refractivity contribution in [2.24, 2.45) is 0 Å². The Balaban J connectivity index is 1.91. The van der Waals surface area contributed by atoms with Gasteiger partial charge in [-0.2, -0.15) is 0 Å². The van der Waals surface area contributed by atoms with Crippen LogP contribution in [0.2, 0.25) is 0 Å². The highest BCUT2D eigenvalue weighted by Crippen LogP contribution is 2.32. The first-order chi connectivity index (χ1) is 14.6. The van der Waals surface area contributed by atoms with Crippen LogP contribution in [-0.4, -0.2) is 24.7 Å². The van der Waals surface area contributed by atoms with E-state index in [1.54, 1.807) is 75.4 Å². The molecular weight excluding hydrogens is 414 g/mol. The molecule has 6 nitrogen and oxygen atoms in total. The molecule has 3 rings (SSSR count). The predicted octanol–water partition coefficient (Wildman–Crippen LogP) is 4.72. The van der Waals surface area contributed by atoms with Crippen molar-refractivity contribution in [1.29, 1.82) is 0 Å². The number of hydrogen-bond donors (Lipinski definition) is 1. The van der Waals surface area contributed by atoms with Crippen molar-refractivity contribution in [3.05, 3.63) is 82.9 Å². The van der Waals surface area contributed by atoms with Crippen LogP contribution in [0.1, 0.15) is 45.2 Å². The maximum Gasteiger partial charge on any atom is 0.255 e. The van der Waals surface area contributed by atoms with Gasteiger partial charge in [-0.3, -0.25) is 9.59 Å². The third-order valence-electron chi connectivity index (χ3n) is 4.95. The van der Waals surface area contributed by atoms with Gasteiger partial charge in [0.05, 0.1) is 4.90 Å². The van der Waals surface area contributed by atoms with Gasteiger partial charge in [-0.15, -0.1) is 0 Å². The summed E-state index contributed by atoms with van der Waals surface area (Å²) >= 11 is 0. The Kier molecular flexibility index (Phi) is 6.38. The van der Waals surface area contributed by atoms with Gasteiger partial charge in [-0.25, -0.2) is 8.42 Å². The quantitative estimate of drug-likeness (QED) is 0.445. The summed E-state index contributed by atoms with van der Waals surface area (Å²) in [4.78, 5) is 24.2. The highest BCUT2D eigenvalue weighted by Gasteiger charge is 2.15. The molecular formula is C24H22NO5S-. The molecule has 1 amide bonds. The summed E-state index contributed by atoms with van der Waals surface area (Å²) in [6, 6.07) is 16.2. The topological polar surface area (TPSA) is 103 Å². The lowest BCUT2D eigenvalue weighted by Crippen LogP contribution is -2.13. The highest BCUT2D eigenvalue weighted by molar-refractivity contribution is 7.85. The molecule has 0 atom stereocenters. The van der Waals surface area contributed by atoms with Crippen LogP contribution in [0, 0.1) is 13.8 Å². The minimum absolute atomic E-state index is 0.0444. The van der Waals surface area contributed by atoms with E-state index in [1.807, 2.05) is 0 Å². The first-order valence-electron chi connectivity index (χ1n) is 9.72. The van der Waals surface area contributed by atoms with E-state index in [1.165, 1.54) is 6.07 Å². The molecule has 0 aliphatic carbocycles. The third kappa shape index (κ3) is 5.07. The zero-order chi connectivity index (χ0) is 22.8. The molecule has 0 bridgehead atoms. The largest absolute Gasteiger partial charge is 0.744 e. The van der Waals surface area contributed by atoms with Crippen LogP contribution >= 0.6 is 0 Å². The normalized spacial score (nSPS) is 11.2. The second-order valence-corrected chi connectivity index (χ2v) is 8.64. The molecule has 160 valence electrons. The summed E-state index contributed by atoms with van der Waals surface area (Å²) in [5, 5.41) is 2.79. The van der Waals surface area contributed by atoms with E-state index >= 15 is 0 Å². The van der Waals surface area contributed by atoms with Gasteiger partial charge in [-0.1, -0.05) is 37.3 Å².